The number of aromatic nitrogens is 2. The molecule has 10 nitrogen and oxygen atoms in total. The van der Waals surface area contributed by atoms with E-state index in [0.717, 1.165) is 33.4 Å². The lowest BCUT2D eigenvalue weighted by Gasteiger charge is -2.12. The average molecular weight is 354 g/mol. The van der Waals surface area contributed by atoms with E-state index in [9.17, 15) is 22.8 Å². The quantitative estimate of drug-likeness (QED) is 0.608. The number of nitrogens with zero attached hydrogens (tertiary/aromatic N) is 2. The normalized spacial score (nSPS) is 11.3. The average Bonchev–Trinajstić information content (AvgIpc) is 2.54. The second-order valence-electron chi connectivity index (χ2n) is 4.92. The van der Waals surface area contributed by atoms with Crippen molar-refractivity contribution in [3.63, 3.8) is 0 Å². The van der Waals surface area contributed by atoms with Crippen molar-refractivity contribution in [2.75, 3.05) is 11.1 Å². The Morgan fingerprint density at radius 1 is 1.12 bits per heavy atom. The van der Waals surface area contributed by atoms with Gasteiger partial charge in [0.15, 0.2) is 0 Å². The molecule has 11 heteroatoms. The highest BCUT2D eigenvalue weighted by atomic mass is 32.2. The molecular formula is C13H14N4O6S. The summed E-state index contributed by atoms with van der Waals surface area (Å²) in [5.74, 6) is -0.953. The Morgan fingerprint density at radius 2 is 1.67 bits per heavy atom. The Morgan fingerprint density at radius 3 is 2.17 bits per heavy atom. The molecule has 0 radical (unpaired) electrons. The van der Waals surface area contributed by atoms with Crippen LogP contribution >= 0.6 is 0 Å². The van der Waals surface area contributed by atoms with Gasteiger partial charge >= 0.3 is 5.69 Å². The molecule has 1 heterocycles. The van der Waals surface area contributed by atoms with Crippen LogP contribution < -0.4 is 22.3 Å². The van der Waals surface area contributed by atoms with Gasteiger partial charge in [0, 0.05) is 19.7 Å². The van der Waals surface area contributed by atoms with Gasteiger partial charge in [-0.3, -0.25) is 23.3 Å². The molecule has 1 aromatic carbocycles. The van der Waals surface area contributed by atoms with Crippen LogP contribution in [-0.4, -0.2) is 28.0 Å². The van der Waals surface area contributed by atoms with Gasteiger partial charge in [-0.1, -0.05) is 0 Å². The first kappa shape index (κ1) is 17.4. The maximum atomic E-state index is 12.2. The number of nitrogen functional groups attached to an aromatic ring is 1. The third kappa shape index (κ3) is 3.07. The largest absolute Gasteiger partial charge is 0.383 e. The Kier molecular flexibility index (Phi) is 4.32. The van der Waals surface area contributed by atoms with Gasteiger partial charge in [0.1, 0.15) is 11.5 Å². The van der Waals surface area contributed by atoms with Gasteiger partial charge in [-0.25, -0.2) is 4.79 Å². The Bertz CT molecular complexity index is 1030. The number of carbonyl (C=O) groups excluding carboxylic acids is 1. The number of anilines is 2. The molecule has 0 saturated carbocycles. The van der Waals surface area contributed by atoms with Gasteiger partial charge in [0.2, 0.25) is 0 Å². The standard InChI is InChI=1S/C13H14N4O6S/c1-16-10(14)9(12(19)17(2)13(16)20)15-11(18)7-3-5-8(6-4-7)24(21,22)23/h3-6H,14H2,1-2H3,(H,15,18)(H,21,22,23). The summed E-state index contributed by atoms with van der Waals surface area (Å²) in [6.45, 7) is 0. The fraction of sp³-hybridized carbons (Fsp3) is 0.154. The maximum Gasteiger partial charge on any atom is 0.332 e. The number of amides is 1. The number of benzene rings is 1. The first-order chi connectivity index (χ1) is 11.0. The van der Waals surface area contributed by atoms with E-state index in [4.69, 9.17) is 10.3 Å². The van der Waals surface area contributed by atoms with E-state index in [2.05, 4.69) is 5.32 Å². The molecule has 0 aliphatic rings. The molecule has 0 unspecified atom stereocenters. The molecule has 128 valence electrons. The SMILES string of the molecule is Cn1c(N)c(NC(=O)c2ccc(S(=O)(=O)O)cc2)c(=O)n(C)c1=O. The summed E-state index contributed by atoms with van der Waals surface area (Å²) in [5.41, 5.74) is 4.01. The molecule has 0 atom stereocenters. The van der Waals surface area contributed by atoms with Crippen molar-refractivity contribution in [2.24, 2.45) is 14.1 Å². The van der Waals surface area contributed by atoms with Gasteiger partial charge in [-0.15, -0.1) is 0 Å². The molecule has 2 rings (SSSR count). The molecule has 0 aliphatic carbocycles. The first-order valence-corrected chi connectivity index (χ1v) is 7.92. The first-order valence-electron chi connectivity index (χ1n) is 6.48. The fourth-order valence-corrected chi connectivity index (χ4v) is 2.42. The summed E-state index contributed by atoms with van der Waals surface area (Å²) >= 11 is 0. The fourth-order valence-electron chi connectivity index (χ4n) is 1.94. The minimum atomic E-state index is -4.38. The zero-order valence-corrected chi connectivity index (χ0v) is 13.5. The monoisotopic (exact) mass is 354 g/mol. The molecule has 0 saturated heterocycles. The predicted molar refractivity (Wildman–Crippen MR) is 85.5 cm³/mol. The summed E-state index contributed by atoms with van der Waals surface area (Å²) in [4.78, 5) is 35.6. The molecule has 1 aromatic heterocycles. The van der Waals surface area contributed by atoms with Crippen molar-refractivity contribution in [1.82, 2.24) is 9.13 Å². The third-order valence-electron chi connectivity index (χ3n) is 3.36. The number of rotatable bonds is 3. The smallest absolute Gasteiger partial charge is 0.332 e. The zero-order valence-electron chi connectivity index (χ0n) is 12.7. The molecular weight excluding hydrogens is 340 g/mol. The van der Waals surface area contributed by atoms with E-state index in [1.165, 1.54) is 14.1 Å². The van der Waals surface area contributed by atoms with Crippen molar-refractivity contribution in [1.29, 1.82) is 0 Å². The third-order valence-corrected chi connectivity index (χ3v) is 4.23. The van der Waals surface area contributed by atoms with Crippen LogP contribution in [-0.2, 0) is 24.2 Å². The molecule has 0 aliphatic heterocycles. The lowest BCUT2D eigenvalue weighted by Crippen LogP contribution is -2.40. The highest BCUT2D eigenvalue weighted by Gasteiger charge is 2.17. The zero-order chi connectivity index (χ0) is 18.2. The maximum absolute atomic E-state index is 12.2. The van der Waals surface area contributed by atoms with E-state index in [0.29, 0.717) is 0 Å². The highest BCUT2D eigenvalue weighted by Crippen LogP contribution is 2.14. The Labute approximate surface area is 135 Å². The summed E-state index contributed by atoms with van der Waals surface area (Å²) in [6, 6.07) is 4.38. The van der Waals surface area contributed by atoms with Gasteiger partial charge < -0.3 is 11.1 Å². The number of hydrogen-bond acceptors (Lipinski definition) is 6. The Hall–Kier alpha value is -2.92. The van der Waals surface area contributed by atoms with Gasteiger partial charge in [-0.2, -0.15) is 8.42 Å². The summed E-state index contributed by atoms with van der Waals surface area (Å²) in [5, 5.41) is 2.29. The molecule has 0 spiro atoms. The molecule has 0 bridgehead atoms. The van der Waals surface area contributed by atoms with Crippen molar-refractivity contribution in [3.8, 4) is 0 Å². The molecule has 24 heavy (non-hydrogen) atoms. The van der Waals surface area contributed by atoms with Gasteiger partial charge in [0.25, 0.3) is 21.6 Å². The summed E-state index contributed by atoms with van der Waals surface area (Å²) in [7, 11) is -1.80. The Balaban J connectivity index is 2.41. The van der Waals surface area contributed by atoms with Crippen molar-refractivity contribution in [3.05, 3.63) is 50.7 Å². The van der Waals surface area contributed by atoms with Crippen LogP contribution in [0.1, 0.15) is 10.4 Å². The molecule has 0 fully saturated rings. The highest BCUT2D eigenvalue weighted by molar-refractivity contribution is 7.85. The number of hydrogen-bond donors (Lipinski definition) is 3. The van der Waals surface area contributed by atoms with E-state index in [1.54, 1.807) is 0 Å². The summed E-state index contributed by atoms with van der Waals surface area (Å²) in [6.07, 6.45) is 0. The van der Waals surface area contributed by atoms with E-state index < -0.39 is 27.3 Å². The van der Waals surface area contributed by atoms with Crippen LogP contribution in [0.15, 0.2) is 38.8 Å². The minimum absolute atomic E-state index is 0.0257. The van der Waals surface area contributed by atoms with Crippen LogP contribution in [0.25, 0.3) is 0 Å². The lowest BCUT2D eigenvalue weighted by atomic mass is 10.2. The van der Waals surface area contributed by atoms with Crippen LogP contribution in [0.5, 0.6) is 0 Å². The molecule has 2 aromatic rings. The van der Waals surface area contributed by atoms with Gasteiger partial charge in [0.05, 0.1) is 4.90 Å². The summed E-state index contributed by atoms with van der Waals surface area (Å²) < 4.78 is 32.6. The molecule has 4 N–H and O–H groups in total. The number of carbonyl (C=O) groups is 1. The van der Waals surface area contributed by atoms with E-state index in [1.807, 2.05) is 0 Å². The van der Waals surface area contributed by atoms with Crippen molar-refractivity contribution in [2.45, 2.75) is 4.90 Å². The van der Waals surface area contributed by atoms with Crippen LogP contribution in [0.2, 0.25) is 0 Å². The number of nitrogens with two attached hydrogens (primary N) is 1. The lowest BCUT2D eigenvalue weighted by molar-refractivity contribution is 0.102. The second-order valence-corrected chi connectivity index (χ2v) is 6.34. The van der Waals surface area contributed by atoms with Crippen molar-refractivity contribution < 1.29 is 17.8 Å². The number of nitrogens with one attached hydrogen (secondary N) is 1. The van der Waals surface area contributed by atoms with Crippen LogP contribution in [0, 0.1) is 0 Å². The molecule has 1 amide bonds. The second kappa shape index (κ2) is 5.94. The topological polar surface area (TPSA) is 153 Å². The predicted octanol–water partition coefficient (Wildman–Crippen LogP) is -0.835. The van der Waals surface area contributed by atoms with E-state index >= 15 is 0 Å². The van der Waals surface area contributed by atoms with Crippen molar-refractivity contribution >= 4 is 27.5 Å². The minimum Gasteiger partial charge on any atom is -0.383 e. The van der Waals surface area contributed by atoms with E-state index in [-0.39, 0.29) is 22.0 Å². The van der Waals surface area contributed by atoms with Crippen LogP contribution in [0.4, 0.5) is 11.5 Å². The van der Waals surface area contributed by atoms with Gasteiger partial charge in [-0.05, 0) is 24.3 Å². The van der Waals surface area contributed by atoms with Crippen LogP contribution in [0.3, 0.4) is 0 Å².